The molecule has 2 aromatic heterocycles. The van der Waals surface area contributed by atoms with Gasteiger partial charge < -0.3 is 55.0 Å². The Balaban J connectivity index is 0.799. The van der Waals surface area contributed by atoms with E-state index in [0.29, 0.717) is 55.3 Å². The largest absolute Gasteiger partial charge is 0.491 e. The third-order valence-corrected chi connectivity index (χ3v) is 14.4. The summed E-state index contributed by atoms with van der Waals surface area (Å²) in [6, 6.07) is 19.0. The van der Waals surface area contributed by atoms with Crippen LogP contribution in [0.4, 0.5) is 36.3 Å². The minimum atomic E-state index is -4.74. The van der Waals surface area contributed by atoms with Crippen molar-refractivity contribution in [3.05, 3.63) is 107 Å². The van der Waals surface area contributed by atoms with Gasteiger partial charge in [0.25, 0.3) is 0 Å². The highest BCUT2D eigenvalue weighted by Gasteiger charge is 2.44. The summed E-state index contributed by atoms with van der Waals surface area (Å²) < 4.78 is 94.6. The first kappa shape index (κ1) is 60.7. The Morgan fingerprint density at radius 3 is 2.10 bits per heavy atom. The molecule has 1 fully saturated rings. The van der Waals surface area contributed by atoms with E-state index < -0.39 is 63.0 Å². The molecule has 20 nitrogen and oxygen atoms in total. The number of sulfonamides is 1. The molecule has 25 heteroatoms. The van der Waals surface area contributed by atoms with Gasteiger partial charge in [-0.1, -0.05) is 57.2 Å². The lowest BCUT2D eigenvalue weighted by Gasteiger charge is -2.35. The number of alkyl halides is 3. The van der Waals surface area contributed by atoms with Crippen molar-refractivity contribution in [1.29, 1.82) is 0 Å². The van der Waals surface area contributed by atoms with E-state index in [1.165, 1.54) is 11.9 Å². The van der Waals surface area contributed by atoms with Crippen molar-refractivity contribution in [2.45, 2.75) is 78.0 Å². The van der Waals surface area contributed by atoms with Crippen molar-refractivity contribution in [2.24, 2.45) is 5.41 Å². The van der Waals surface area contributed by atoms with E-state index in [0.717, 1.165) is 32.3 Å². The van der Waals surface area contributed by atoms with Crippen LogP contribution in [0.1, 0.15) is 56.0 Å². The van der Waals surface area contributed by atoms with Gasteiger partial charge in [0, 0.05) is 51.4 Å². The number of aliphatic hydroxyl groups excluding tert-OH is 1. The minimum absolute atomic E-state index is 0.00655. The molecule has 0 spiro atoms. The Hall–Kier alpha value is -6.48. The van der Waals surface area contributed by atoms with Gasteiger partial charge >= 0.3 is 6.18 Å². The Bertz CT molecular complexity index is 2860. The molecule has 424 valence electrons. The van der Waals surface area contributed by atoms with E-state index in [4.69, 9.17) is 23.7 Å². The topological polar surface area (TPSA) is 245 Å². The number of nitrogens with one attached hydrogen (secondary N) is 4. The molecule has 5 aromatic rings. The summed E-state index contributed by atoms with van der Waals surface area (Å²) in [6.45, 7) is 9.96. The number of carbonyl (C=O) groups excluding carboxylic acids is 3. The number of rotatable bonds is 29. The summed E-state index contributed by atoms with van der Waals surface area (Å²) in [5, 5.41) is 21.9. The number of β-amino-alcohol motifs (C(OH)–C–C–N with tert-alkyl or cyclic N) is 1. The standard InChI is InChI=1S/C53H68F3N9O11S2/c1-35-46(77-34-60-35)38-12-10-36(11-13-38)30-58-49(68)44-29-41(66)33-65(44)50(69)47(52(2,3)4)62-45(67)18-19-72-20-21-73-22-23-74-24-25-75-26-27-76-42-16-14-39(15-17-42)61-51-59-32-43(53(54,55)56)48(63-51)57-31-37-8-7-9-40(28-37)64(5)78(6,70)71/h7-17,28,32,34,41,44,47,66H,18-27,29-31,33H2,1-6H3,(H,58,68)(H,62,67)(H2,57,59,61,63)/t41-,44+,47-/m1/s1. The van der Waals surface area contributed by atoms with E-state index in [1.54, 1.807) is 65.4 Å². The third-order valence-electron chi connectivity index (χ3n) is 12.2. The Morgan fingerprint density at radius 1 is 0.859 bits per heavy atom. The number of aliphatic hydroxyl groups is 1. The number of halogens is 3. The van der Waals surface area contributed by atoms with Crippen LogP contribution in [-0.2, 0) is 62.6 Å². The van der Waals surface area contributed by atoms with E-state index in [-0.39, 0.29) is 77.4 Å². The number of aromatic nitrogens is 3. The lowest BCUT2D eigenvalue weighted by Crippen LogP contribution is -2.57. The summed E-state index contributed by atoms with van der Waals surface area (Å²) in [4.78, 5) is 55.1. The highest BCUT2D eigenvalue weighted by molar-refractivity contribution is 7.92. The van der Waals surface area contributed by atoms with Crippen LogP contribution in [0, 0.1) is 12.3 Å². The number of aryl methyl sites for hydroxylation is 1. The zero-order valence-electron chi connectivity index (χ0n) is 44.4. The highest BCUT2D eigenvalue weighted by atomic mass is 32.2. The SMILES string of the molecule is Cc1ncsc1-c1ccc(CNC(=O)[C@@H]2C[C@@H](O)CN2C(=O)[C@@H](NC(=O)CCOCCOCCOCCOCCOc2ccc(Nc3ncc(C(F)(F)F)c(NCc4cccc(N(C)S(C)(=O)=O)c4)n3)cc2)C(C)(C)C)cc1. The number of ether oxygens (including phenoxy) is 5. The molecule has 3 amide bonds. The molecule has 3 heterocycles. The van der Waals surface area contributed by atoms with Gasteiger partial charge in [-0.2, -0.15) is 18.2 Å². The van der Waals surface area contributed by atoms with Crippen molar-refractivity contribution < 1.29 is 64.8 Å². The maximum Gasteiger partial charge on any atom is 0.421 e. The summed E-state index contributed by atoms with van der Waals surface area (Å²) in [6.07, 6.45) is -3.81. The number of likely N-dealkylation sites (tertiary alicyclic amines) is 1. The molecule has 78 heavy (non-hydrogen) atoms. The molecular weight excluding hydrogens is 1060 g/mol. The molecule has 0 aliphatic carbocycles. The second-order valence-corrected chi connectivity index (χ2v) is 22.2. The number of hydrogen-bond donors (Lipinski definition) is 5. The van der Waals surface area contributed by atoms with E-state index in [1.807, 2.05) is 52.0 Å². The average Bonchev–Trinajstić information content (AvgIpc) is 4.02. The summed E-state index contributed by atoms with van der Waals surface area (Å²) >= 11 is 1.56. The van der Waals surface area contributed by atoms with Gasteiger partial charge in [-0.3, -0.25) is 18.7 Å². The summed E-state index contributed by atoms with van der Waals surface area (Å²) in [5.74, 6) is -1.24. The Kier molecular flexibility index (Phi) is 22.1. The maximum absolute atomic E-state index is 13.9. The number of thiazole rings is 1. The van der Waals surface area contributed by atoms with Crippen LogP contribution in [0.15, 0.2) is 84.5 Å². The van der Waals surface area contributed by atoms with Gasteiger partial charge in [-0.05, 0) is 65.4 Å². The number of nitrogens with zero attached hydrogens (tertiary/aromatic N) is 5. The first-order valence-electron chi connectivity index (χ1n) is 25.1. The molecule has 1 aliphatic heterocycles. The smallest absolute Gasteiger partial charge is 0.421 e. The molecule has 0 saturated carbocycles. The minimum Gasteiger partial charge on any atom is -0.491 e. The summed E-state index contributed by atoms with van der Waals surface area (Å²) in [7, 11) is -2.16. The van der Waals surface area contributed by atoms with Crippen molar-refractivity contribution in [1.82, 2.24) is 30.5 Å². The highest BCUT2D eigenvalue weighted by Crippen LogP contribution is 2.35. The fourth-order valence-corrected chi connectivity index (χ4v) is 9.25. The van der Waals surface area contributed by atoms with E-state index in [9.17, 15) is 41.1 Å². The van der Waals surface area contributed by atoms with Crippen molar-refractivity contribution in [3.63, 3.8) is 0 Å². The molecule has 0 radical (unpaired) electrons. The molecule has 1 saturated heterocycles. The van der Waals surface area contributed by atoms with Crippen LogP contribution in [0.5, 0.6) is 5.75 Å². The first-order valence-corrected chi connectivity index (χ1v) is 27.9. The predicted molar refractivity (Wildman–Crippen MR) is 289 cm³/mol. The molecule has 0 unspecified atom stereocenters. The zero-order chi connectivity index (χ0) is 56.5. The molecule has 3 atom stereocenters. The number of benzene rings is 3. The number of hydrogen-bond acceptors (Lipinski definition) is 17. The van der Waals surface area contributed by atoms with Crippen LogP contribution in [0.3, 0.4) is 0 Å². The van der Waals surface area contributed by atoms with Crippen LogP contribution in [0.25, 0.3) is 10.4 Å². The summed E-state index contributed by atoms with van der Waals surface area (Å²) in [5.41, 5.74) is 4.28. The zero-order valence-corrected chi connectivity index (χ0v) is 46.1. The quantitative estimate of drug-likeness (QED) is 0.0329. The van der Waals surface area contributed by atoms with Crippen molar-refractivity contribution in [2.75, 3.05) is 94.2 Å². The second kappa shape index (κ2) is 28.4. The molecule has 5 N–H and O–H groups in total. The maximum atomic E-state index is 13.9. The van der Waals surface area contributed by atoms with E-state index >= 15 is 0 Å². The normalized spacial score (nSPS) is 15.2. The van der Waals surface area contributed by atoms with Crippen LogP contribution >= 0.6 is 11.3 Å². The van der Waals surface area contributed by atoms with Crippen LogP contribution in [0.2, 0.25) is 0 Å². The fraction of sp³-hybridized carbons (Fsp3) is 0.472. The second-order valence-electron chi connectivity index (χ2n) is 19.3. The van der Waals surface area contributed by atoms with Crippen LogP contribution < -0.4 is 30.3 Å². The molecular formula is C53H68F3N9O11S2. The van der Waals surface area contributed by atoms with Gasteiger partial charge in [-0.15, -0.1) is 11.3 Å². The molecule has 6 rings (SSSR count). The van der Waals surface area contributed by atoms with Gasteiger partial charge in [0.05, 0.1) is 87.0 Å². The Morgan fingerprint density at radius 2 is 1.50 bits per heavy atom. The Labute approximate surface area is 456 Å². The first-order chi connectivity index (χ1) is 37.1. The van der Waals surface area contributed by atoms with Crippen LogP contribution in [-0.4, -0.2) is 149 Å². The van der Waals surface area contributed by atoms with Gasteiger partial charge in [-0.25, -0.2) is 18.4 Å². The number of amides is 3. The lowest BCUT2D eigenvalue weighted by atomic mass is 9.85. The van der Waals surface area contributed by atoms with Crippen molar-refractivity contribution >= 4 is 62.2 Å². The third kappa shape index (κ3) is 18.6. The van der Waals surface area contributed by atoms with Crippen molar-refractivity contribution in [3.8, 4) is 16.2 Å². The van der Waals surface area contributed by atoms with Gasteiger partial charge in [0.1, 0.15) is 35.8 Å². The predicted octanol–water partition coefficient (Wildman–Crippen LogP) is 6.32. The lowest BCUT2D eigenvalue weighted by molar-refractivity contribution is -0.144. The van der Waals surface area contributed by atoms with Gasteiger partial charge in [0.2, 0.25) is 33.7 Å². The monoisotopic (exact) mass is 1130 g/mol. The molecule has 3 aromatic carbocycles. The fourth-order valence-electron chi connectivity index (χ4n) is 7.95. The van der Waals surface area contributed by atoms with Gasteiger partial charge in [0.15, 0.2) is 0 Å². The average molecular weight is 1130 g/mol. The molecule has 1 aliphatic rings. The van der Waals surface area contributed by atoms with E-state index in [2.05, 4.69) is 36.2 Å². The molecule has 0 bridgehead atoms. The number of anilines is 4. The number of carbonyl (C=O) groups is 3.